The molecule has 2 heterocycles. The van der Waals surface area contributed by atoms with Gasteiger partial charge in [-0.3, -0.25) is 4.90 Å². The first-order valence-corrected chi connectivity index (χ1v) is 9.40. The summed E-state index contributed by atoms with van der Waals surface area (Å²) >= 11 is 5.11. The van der Waals surface area contributed by atoms with Gasteiger partial charge in [0.05, 0.1) is 17.5 Å². The van der Waals surface area contributed by atoms with Crippen LogP contribution < -0.4 is 5.73 Å². The van der Waals surface area contributed by atoms with E-state index in [4.69, 9.17) is 5.73 Å². The van der Waals surface area contributed by atoms with Crippen LogP contribution >= 0.6 is 27.3 Å². The summed E-state index contributed by atoms with van der Waals surface area (Å²) in [6.45, 7) is 1.91. The summed E-state index contributed by atoms with van der Waals surface area (Å²) < 4.78 is 24.3. The molecule has 0 amide bonds. The lowest BCUT2D eigenvalue weighted by molar-refractivity contribution is 0.221. The molecule has 1 saturated heterocycles. The average Bonchev–Trinajstić information content (AvgIpc) is 2.64. The van der Waals surface area contributed by atoms with Gasteiger partial charge in [0.25, 0.3) is 0 Å². The zero-order valence-electron chi connectivity index (χ0n) is 10.0. The number of halogens is 1. The van der Waals surface area contributed by atoms with Crippen LogP contribution in [0.2, 0.25) is 0 Å². The van der Waals surface area contributed by atoms with Crippen LogP contribution in [0.3, 0.4) is 0 Å². The molecule has 1 atom stereocenters. The second kappa shape index (κ2) is 6.00. The summed E-state index contributed by atoms with van der Waals surface area (Å²) in [5.74, 6) is 0.547. The fourth-order valence-corrected chi connectivity index (χ4v) is 5.10. The second-order valence-electron chi connectivity index (χ2n) is 4.46. The van der Waals surface area contributed by atoms with E-state index in [0.717, 1.165) is 11.0 Å². The summed E-state index contributed by atoms with van der Waals surface area (Å²) in [5.41, 5.74) is 5.86. The lowest BCUT2D eigenvalue weighted by Gasteiger charge is -2.28. The molecule has 1 aliphatic rings. The minimum atomic E-state index is -2.86. The van der Waals surface area contributed by atoms with Crippen molar-refractivity contribution < 1.29 is 8.42 Å². The molecule has 1 fully saturated rings. The van der Waals surface area contributed by atoms with E-state index in [-0.39, 0.29) is 11.8 Å². The van der Waals surface area contributed by atoms with Gasteiger partial charge in [0.2, 0.25) is 0 Å². The van der Waals surface area contributed by atoms with Crippen LogP contribution in [-0.4, -0.2) is 44.5 Å². The fraction of sp³-hybridized carbons (Fsp3) is 0.636. The minimum absolute atomic E-state index is 0.134. The Morgan fingerprint density at radius 1 is 1.44 bits per heavy atom. The maximum Gasteiger partial charge on any atom is 0.151 e. The number of nitrogens with two attached hydrogens (primary N) is 1. The van der Waals surface area contributed by atoms with Gasteiger partial charge >= 0.3 is 0 Å². The molecule has 0 bridgehead atoms. The van der Waals surface area contributed by atoms with Crippen LogP contribution in [0, 0.1) is 0 Å². The maximum absolute atomic E-state index is 11.6. The summed E-state index contributed by atoms with van der Waals surface area (Å²) in [7, 11) is -2.86. The largest absolute Gasteiger partial charge is 0.329 e. The molecule has 0 spiro atoms. The van der Waals surface area contributed by atoms with Crippen LogP contribution in [0.1, 0.15) is 17.3 Å². The van der Waals surface area contributed by atoms with Crippen molar-refractivity contribution in [1.29, 1.82) is 0 Å². The second-order valence-corrected chi connectivity index (χ2v) is 8.62. The average molecular weight is 353 g/mol. The Balaban J connectivity index is 2.13. The van der Waals surface area contributed by atoms with Crippen molar-refractivity contribution in [3.8, 4) is 0 Å². The van der Waals surface area contributed by atoms with Crippen LogP contribution in [0.4, 0.5) is 0 Å². The van der Waals surface area contributed by atoms with Gasteiger partial charge in [-0.1, -0.05) is 0 Å². The normalized spacial score (nSPS) is 22.6. The third-order valence-electron chi connectivity index (χ3n) is 3.17. The summed E-state index contributed by atoms with van der Waals surface area (Å²) in [6.07, 6.45) is 0.700. The quantitative estimate of drug-likeness (QED) is 0.897. The number of hydrogen-bond donors (Lipinski definition) is 1. The third kappa shape index (κ3) is 3.54. The van der Waals surface area contributed by atoms with Crippen molar-refractivity contribution in [2.45, 2.75) is 12.5 Å². The molecule has 18 heavy (non-hydrogen) atoms. The van der Waals surface area contributed by atoms with Gasteiger partial charge in [-0.15, -0.1) is 11.3 Å². The predicted octanol–water partition coefficient (Wildman–Crippen LogP) is 1.63. The Morgan fingerprint density at radius 3 is 2.83 bits per heavy atom. The van der Waals surface area contributed by atoms with E-state index >= 15 is 0 Å². The van der Waals surface area contributed by atoms with Crippen molar-refractivity contribution in [2.24, 2.45) is 5.73 Å². The monoisotopic (exact) mass is 352 g/mol. The summed E-state index contributed by atoms with van der Waals surface area (Å²) in [6, 6.07) is 2.20. The van der Waals surface area contributed by atoms with E-state index < -0.39 is 9.84 Å². The molecule has 0 saturated carbocycles. The van der Waals surface area contributed by atoms with E-state index in [1.54, 1.807) is 11.3 Å². The zero-order valence-corrected chi connectivity index (χ0v) is 13.2. The number of sulfone groups is 1. The summed E-state index contributed by atoms with van der Waals surface area (Å²) in [4.78, 5) is 3.40. The molecule has 2 rings (SSSR count). The molecule has 1 unspecified atom stereocenters. The number of hydrogen-bond acceptors (Lipinski definition) is 5. The number of nitrogens with zero attached hydrogens (tertiary/aromatic N) is 1. The molecule has 1 aromatic rings. The van der Waals surface area contributed by atoms with E-state index in [9.17, 15) is 8.42 Å². The van der Waals surface area contributed by atoms with Crippen molar-refractivity contribution in [2.75, 3.05) is 31.1 Å². The van der Waals surface area contributed by atoms with Crippen LogP contribution in [0.5, 0.6) is 0 Å². The summed E-state index contributed by atoms with van der Waals surface area (Å²) in [5, 5.41) is 2.03. The predicted molar refractivity (Wildman–Crippen MR) is 78.7 cm³/mol. The van der Waals surface area contributed by atoms with Gasteiger partial charge in [-0.05, 0) is 35.0 Å². The van der Waals surface area contributed by atoms with Gasteiger partial charge in [-0.25, -0.2) is 8.42 Å². The lowest BCUT2D eigenvalue weighted by Crippen LogP contribution is -2.35. The van der Waals surface area contributed by atoms with Gasteiger partial charge in [0, 0.05) is 27.8 Å². The van der Waals surface area contributed by atoms with Crippen LogP contribution in [0.15, 0.2) is 15.9 Å². The first-order chi connectivity index (χ1) is 8.52. The zero-order chi connectivity index (χ0) is 13.2. The highest BCUT2D eigenvalue weighted by Crippen LogP contribution is 2.29. The van der Waals surface area contributed by atoms with Gasteiger partial charge in [0.1, 0.15) is 0 Å². The highest BCUT2D eigenvalue weighted by Gasteiger charge is 2.25. The van der Waals surface area contributed by atoms with Crippen molar-refractivity contribution in [3.63, 3.8) is 0 Å². The van der Waals surface area contributed by atoms with E-state index in [2.05, 4.69) is 26.9 Å². The smallest absolute Gasteiger partial charge is 0.151 e. The van der Waals surface area contributed by atoms with Crippen molar-refractivity contribution in [3.05, 3.63) is 20.8 Å². The first-order valence-electron chi connectivity index (χ1n) is 5.90. The Labute approximate surface area is 120 Å². The molecule has 4 nitrogen and oxygen atoms in total. The Hall–Kier alpha value is 0.0500. The molecular weight excluding hydrogens is 336 g/mol. The van der Waals surface area contributed by atoms with E-state index in [1.165, 1.54) is 4.88 Å². The minimum Gasteiger partial charge on any atom is -0.329 e. The van der Waals surface area contributed by atoms with Crippen molar-refractivity contribution in [1.82, 2.24) is 4.90 Å². The SMILES string of the molecule is NCC(c1cc(Br)cs1)N1CCCS(=O)(=O)CC1. The van der Waals surface area contributed by atoms with Crippen LogP contribution in [-0.2, 0) is 9.84 Å². The van der Waals surface area contributed by atoms with Crippen molar-refractivity contribution >= 4 is 37.1 Å². The van der Waals surface area contributed by atoms with Gasteiger partial charge in [0.15, 0.2) is 9.84 Å². The molecule has 0 radical (unpaired) electrons. The van der Waals surface area contributed by atoms with Crippen LogP contribution in [0.25, 0.3) is 0 Å². The van der Waals surface area contributed by atoms with Gasteiger partial charge in [-0.2, -0.15) is 0 Å². The van der Waals surface area contributed by atoms with E-state index in [1.807, 2.05) is 5.38 Å². The molecule has 7 heteroatoms. The highest BCUT2D eigenvalue weighted by molar-refractivity contribution is 9.10. The van der Waals surface area contributed by atoms with Gasteiger partial charge < -0.3 is 5.73 Å². The Morgan fingerprint density at radius 2 is 2.22 bits per heavy atom. The standard InChI is InChI=1S/C11H17BrN2O2S2/c12-9-6-11(17-8-9)10(7-13)14-2-1-4-18(15,16)5-3-14/h6,8,10H,1-5,7,13H2. The number of rotatable bonds is 3. The number of thiophene rings is 1. The molecule has 1 aromatic heterocycles. The lowest BCUT2D eigenvalue weighted by atomic mass is 10.2. The highest BCUT2D eigenvalue weighted by atomic mass is 79.9. The molecule has 2 N–H and O–H groups in total. The van der Waals surface area contributed by atoms with E-state index in [0.29, 0.717) is 25.3 Å². The topological polar surface area (TPSA) is 63.4 Å². The fourth-order valence-electron chi connectivity index (χ4n) is 2.22. The Kier molecular flexibility index (Phi) is 4.82. The molecule has 0 aromatic carbocycles. The third-order valence-corrected chi connectivity index (χ3v) is 6.68. The molecule has 0 aliphatic carbocycles. The first kappa shape index (κ1) is 14.5. The molecular formula is C11H17BrN2O2S2. The Bertz CT molecular complexity index is 501. The molecule has 1 aliphatic heterocycles. The maximum atomic E-state index is 11.6. The molecule has 102 valence electrons.